The van der Waals surface area contributed by atoms with Gasteiger partial charge in [-0.15, -0.1) is 5.10 Å². The Labute approximate surface area is 101 Å². The van der Waals surface area contributed by atoms with Crippen molar-refractivity contribution in [3.8, 4) is 5.75 Å². The number of aromatic amines is 1. The van der Waals surface area contributed by atoms with Crippen molar-refractivity contribution in [3.63, 3.8) is 0 Å². The van der Waals surface area contributed by atoms with E-state index in [0.717, 1.165) is 0 Å². The standard InChI is InChI=1S/C9H8ClN5O2/c10-5-3-4(1-2-6(5)16)12-8(17)7-13-9(11)15-14-7/h1-3,16H,(H,12,17)(H3,11,13,14,15). The predicted octanol–water partition coefficient (Wildman–Crippen LogP) is 0.998. The molecular weight excluding hydrogens is 246 g/mol. The van der Waals surface area contributed by atoms with Crippen LogP contribution >= 0.6 is 11.6 Å². The second-order valence-electron chi connectivity index (χ2n) is 3.16. The second-order valence-corrected chi connectivity index (χ2v) is 3.57. The monoisotopic (exact) mass is 253 g/mol. The number of phenols is 1. The summed E-state index contributed by atoms with van der Waals surface area (Å²) in [6.07, 6.45) is 0. The lowest BCUT2D eigenvalue weighted by molar-refractivity contribution is 0.101. The zero-order chi connectivity index (χ0) is 12.4. The molecular formula is C9H8ClN5O2. The van der Waals surface area contributed by atoms with Crippen molar-refractivity contribution >= 4 is 29.1 Å². The largest absolute Gasteiger partial charge is 0.506 e. The molecule has 0 atom stereocenters. The topological polar surface area (TPSA) is 117 Å². The Kier molecular flexibility index (Phi) is 2.84. The summed E-state index contributed by atoms with van der Waals surface area (Å²) in [6.45, 7) is 0. The molecule has 7 nitrogen and oxygen atoms in total. The van der Waals surface area contributed by atoms with Crippen LogP contribution in [-0.4, -0.2) is 26.2 Å². The maximum absolute atomic E-state index is 11.6. The smallest absolute Gasteiger partial charge is 0.293 e. The van der Waals surface area contributed by atoms with Gasteiger partial charge in [0, 0.05) is 5.69 Å². The number of H-pyrrole nitrogens is 1. The van der Waals surface area contributed by atoms with Crippen LogP contribution in [0.15, 0.2) is 18.2 Å². The number of halogens is 1. The Bertz CT molecular complexity index is 568. The lowest BCUT2D eigenvalue weighted by Gasteiger charge is -2.04. The summed E-state index contributed by atoms with van der Waals surface area (Å²) in [7, 11) is 0. The first-order chi connectivity index (χ1) is 8.06. The SMILES string of the molecule is Nc1n[nH]c(C(=O)Nc2ccc(O)c(Cl)c2)n1. The Morgan fingerprint density at radius 3 is 2.88 bits per heavy atom. The number of nitrogens with zero attached hydrogens (tertiary/aromatic N) is 2. The van der Waals surface area contributed by atoms with Gasteiger partial charge in [-0.1, -0.05) is 11.6 Å². The molecule has 0 fully saturated rings. The molecule has 88 valence electrons. The first-order valence-electron chi connectivity index (χ1n) is 4.54. The first-order valence-corrected chi connectivity index (χ1v) is 4.92. The molecule has 0 bridgehead atoms. The van der Waals surface area contributed by atoms with E-state index in [-0.39, 0.29) is 22.5 Å². The van der Waals surface area contributed by atoms with Crippen molar-refractivity contribution < 1.29 is 9.90 Å². The summed E-state index contributed by atoms with van der Waals surface area (Å²) in [5.74, 6) is -0.588. The maximum Gasteiger partial charge on any atom is 0.293 e. The zero-order valence-corrected chi connectivity index (χ0v) is 9.19. The fourth-order valence-corrected chi connectivity index (χ4v) is 1.33. The number of hydrogen-bond acceptors (Lipinski definition) is 5. The highest BCUT2D eigenvalue weighted by Gasteiger charge is 2.11. The molecule has 5 N–H and O–H groups in total. The predicted molar refractivity (Wildman–Crippen MR) is 61.9 cm³/mol. The number of amides is 1. The van der Waals surface area contributed by atoms with Crippen LogP contribution in [0.3, 0.4) is 0 Å². The molecule has 0 saturated heterocycles. The Morgan fingerprint density at radius 2 is 2.29 bits per heavy atom. The number of hydrogen-bond donors (Lipinski definition) is 4. The molecule has 8 heteroatoms. The van der Waals surface area contributed by atoms with Crippen molar-refractivity contribution in [2.24, 2.45) is 0 Å². The van der Waals surface area contributed by atoms with Crippen molar-refractivity contribution in [1.29, 1.82) is 0 Å². The van der Waals surface area contributed by atoms with Crippen molar-refractivity contribution in [1.82, 2.24) is 15.2 Å². The van der Waals surface area contributed by atoms with Crippen LogP contribution in [0.1, 0.15) is 10.6 Å². The van der Waals surface area contributed by atoms with Crippen LogP contribution in [0.25, 0.3) is 0 Å². The molecule has 1 aromatic carbocycles. The molecule has 17 heavy (non-hydrogen) atoms. The molecule has 0 unspecified atom stereocenters. The van der Waals surface area contributed by atoms with Gasteiger partial charge in [-0.05, 0) is 18.2 Å². The van der Waals surface area contributed by atoms with Gasteiger partial charge in [0.15, 0.2) is 0 Å². The average Bonchev–Trinajstić information content (AvgIpc) is 2.70. The fraction of sp³-hybridized carbons (Fsp3) is 0. The third kappa shape index (κ3) is 2.45. The number of benzene rings is 1. The normalized spacial score (nSPS) is 10.2. The van der Waals surface area contributed by atoms with E-state index in [2.05, 4.69) is 20.5 Å². The molecule has 1 amide bonds. The number of aromatic hydroxyl groups is 1. The quantitative estimate of drug-likeness (QED) is 0.596. The summed E-state index contributed by atoms with van der Waals surface area (Å²) in [5, 5.41) is 17.8. The average molecular weight is 254 g/mol. The molecule has 0 aliphatic carbocycles. The van der Waals surface area contributed by atoms with Crippen molar-refractivity contribution in [2.45, 2.75) is 0 Å². The lowest BCUT2D eigenvalue weighted by Crippen LogP contribution is -2.13. The van der Waals surface area contributed by atoms with Gasteiger partial charge in [0.25, 0.3) is 5.91 Å². The number of nitrogen functional groups attached to an aromatic ring is 1. The Balaban J connectivity index is 2.15. The molecule has 0 saturated carbocycles. The van der Waals surface area contributed by atoms with E-state index in [4.69, 9.17) is 17.3 Å². The van der Waals surface area contributed by atoms with Gasteiger partial charge in [-0.2, -0.15) is 4.98 Å². The van der Waals surface area contributed by atoms with Crippen LogP contribution in [0.4, 0.5) is 11.6 Å². The summed E-state index contributed by atoms with van der Waals surface area (Å²) in [5.41, 5.74) is 5.69. The first kappa shape index (κ1) is 11.2. The van der Waals surface area contributed by atoms with Crippen LogP contribution in [0.2, 0.25) is 5.02 Å². The lowest BCUT2D eigenvalue weighted by atomic mass is 10.3. The number of carbonyl (C=O) groups is 1. The number of nitrogens with one attached hydrogen (secondary N) is 2. The number of carbonyl (C=O) groups excluding carboxylic acids is 1. The van der Waals surface area contributed by atoms with E-state index in [1.807, 2.05) is 0 Å². The maximum atomic E-state index is 11.6. The molecule has 2 aromatic rings. The molecule has 0 spiro atoms. The van der Waals surface area contributed by atoms with Gasteiger partial charge < -0.3 is 16.2 Å². The highest BCUT2D eigenvalue weighted by Crippen LogP contribution is 2.26. The summed E-state index contributed by atoms with van der Waals surface area (Å²) < 4.78 is 0. The van der Waals surface area contributed by atoms with Gasteiger partial charge >= 0.3 is 0 Å². The number of nitrogens with two attached hydrogens (primary N) is 1. The second kappa shape index (κ2) is 4.30. The highest BCUT2D eigenvalue weighted by molar-refractivity contribution is 6.32. The molecule has 0 aliphatic heterocycles. The van der Waals surface area contributed by atoms with Crippen molar-refractivity contribution in [3.05, 3.63) is 29.0 Å². The van der Waals surface area contributed by atoms with Crippen LogP contribution < -0.4 is 11.1 Å². The van der Waals surface area contributed by atoms with E-state index in [1.165, 1.54) is 18.2 Å². The number of phenolic OH excluding ortho intramolecular Hbond substituents is 1. The van der Waals surface area contributed by atoms with Gasteiger partial charge in [-0.25, -0.2) is 0 Å². The minimum Gasteiger partial charge on any atom is -0.506 e. The summed E-state index contributed by atoms with van der Waals surface area (Å²) in [6, 6.07) is 4.28. The number of rotatable bonds is 2. The van der Waals surface area contributed by atoms with E-state index >= 15 is 0 Å². The number of aromatic nitrogens is 3. The van der Waals surface area contributed by atoms with E-state index in [1.54, 1.807) is 0 Å². The number of anilines is 2. The Hall–Kier alpha value is -2.28. The van der Waals surface area contributed by atoms with E-state index < -0.39 is 5.91 Å². The molecule has 1 aromatic heterocycles. The fourth-order valence-electron chi connectivity index (χ4n) is 1.15. The zero-order valence-electron chi connectivity index (χ0n) is 8.44. The van der Waals surface area contributed by atoms with Gasteiger partial charge in [0.1, 0.15) is 5.75 Å². The molecule has 0 aliphatic rings. The molecule has 0 radical (unpaired) electrons. The van der Waals surface area contributed by atoms with Crippen LogP contribution in [0, 0.1) is 0 Å². The minimum atomic E-state index is -0.504. The van der Waals surface area contributed by atoms with Gasteiger partial charge in [-0.3, -0.25) is 9.89 Å². The van der Waals surface area contributed by atoms with Gasteiger partial charge in [0.2, 0.25) is 11.8 Å². The summed E-state index contributed by atoms with van der Waals surface area (Å²) >= 11 is 5.69. The molecule has 1 heterocycles. The van der Waals surface area contributed by atoms with Crippen molar-refractivity contribution in [2.75, 3.05) is 11.1 Å². The summed E-state index contributed by atoms with van der Waals surface area (Å²) in [4.78, 5) is 15.3. The third-order valence-corrected chi connectivity index (χ3v) is 2.23. The Morgan fingerprint density at radius 1 is 1.53 bits per heavy atom. The highest BCUT2D eigenvalue weighted by atomic mass is 35.5. The van der Waals surface area contributed by atoms with E-state index in [9.17, 15) is 9.90 Å². The minimum absolute atomic E-state index is 0.00769. The van der Waals surface area contributed by atoms with Crippen LogP contribution in [-0.2, 0) is 0 Å². The van der Waals surface area contributed by atoms with Crippen LogP contribution in [0.5, 0.6) is 5.75 Å². The molecule has 2 rings (SSSR count). The van der Waals surface area contributed by atoms with E-state index in [0.29, 0.717) is 5.69 Å². The third-order valence-electron chi connectivity index (χ3n) is 1.92. The van der Waals surface area contributed by atoms with Gasteiger partial charge in [0.05, 0.1) is 5.02 Å².